The number of likely N-dealkylation sites (N-methyl/N-ethyl adjacent to an activating group) is 1. The highest BCUT2D eigenvalue weighted by molar-refractivity contribution is 5.77. The van der Waals surface area contributed by atoms with Crippen LogP contribution in [0.25, 0.3) is 11.4 Å². The summed E-state index contributed by atoms with van der Waals surface area (Å²) in [7, 11) is 1.98. The Bertz CT molecular complexity index is 916. The standard InChI is InChI=1S/C20H21N5O3/c1-25-12-15(22-18(26)13-27-16-5-3-2-4-6-16)11-17(25)20-23-19(24-28-20)14-7-9-21-10-8-14/h2-10,15,17H,11-13H2,1H3,(H,22,26)/t15-,17-/m0/s1. The van der Waals surface area contributed by atoms with E-state index >= 15 is 0 Å². The summed E-state index contributed by atoms with van der Waals surface area (Å²) in [6.45, 7) is 0.691. The van der Waals surface area contributed by atoms with Crippen LogP contribution in [-0.2, 0) is 4.79 Å². The second-order valence-electron chi connectivity index (χ2n) is 6.75. The molecule has 8 nitrogen and oxygen atoms in total. The van der Waals surface area contributed by atoms with Gasteiger partial charge in [0.2, 0.25) is 11.7 Å². The minimum Gasteiger partial charge on any atom is -0.484 e. The zero-order valence-electron chi connectivity index (χ0n) is 15.5. The third-order valence-electron chi connectivity index (χ3n) is 4.69. The molecule has 1 amide bonds. The highest BCUT2D eigenvalue weighted by Crippen LogP contribution is 2.30. The van der Waals surface area contributed by atoms with Crippen LogP contribution in [-0.4, -0.2) is 52.2 Å². The van der Waals surface area contributed by atoms with Crippen LogP contribution in [0.5, 0.6) is 5.75 Å². The van der Waals surface area contributed by atoms with Gasteiger partial charge < -0.3 is 14.6 Å². The van der Waals surface area contributed by atoms with Crippen molar-refractivity contribution in [3.8, 4) is 17.1 Å². The molecule has 0 radical (unpaired) electrons. The molecule has 0 spiro atoms. The van der Waals surface area contributed by atoms with Crippen LogP contribution in [0, 0.1) is 0 Å². The molecule has 3 aromatic rings. The molecule has 1 saturated heterocycles. The van der Waals surface area contributed by atoms with Crippen molar-refractivity contribution >= 4 is 5.91 Å². The van der Waals surface area contributed by atoms with E-state index in [2.05, 4.69) is 25.3 Å². The normalized spacial score (nSPS) is 19.5. The largest absolute Gasteiger partial charge is 0.484 e. The molecule has 1 N–H and O–H groups in total. The van der Waals surface area contributed by atoms with Crippen LogP contribution in [0.4, 0.5) is 0 Å². The lowest BCUT2D eigenvalue weighted by Crippen LogP contribution is -2.39. The van der Waals surface area contributed by atoms with Crippen molar-refractivity contribution in [2.45, 2.75) is 18.5 Å². The monoisotopic (exact) mass is 379 g/mol. The van der Waals surface area contributed by atoms with Crippen LogP contribution in [0.2, 0.25) is 0 Å². The first-order valence-electron chi connectivity index (χ1n) is 9.10. The minimum atomic E-state index is -0.147. The Hall–Kier alpha value is -3.26. The molecule has 1 fully saturated rings. The zero-order chi connectivity index (χ0) is 19.3. The quantitative estimate of drug-likeness (QED) is 0.701. The number of pyridine rings is 1. The van der Waals surface area contributed by atoms with Crippen molar-refractivity contribution in [2.24, 2.45) is 0 Å². The second-order valence-corrected chi connectivity index (χ2v) is 6.75. The van der Waals surface area contributed by atoms with E-state index in [-0.39, 0.29) is 24.6 Å². The smallest absolute Gasteiger partial charge is 0.258 e. The van der Waals surface area contributed by atoms with Gasteiger partial charge in [-0.2, -0.15) is 4.98 Å². The highest BCUT2D eigenvalue weighted by Gasteiger charge is 2.35. The molecule has 0 saturated carbocycles. The summed E-state index contributed by atoms with van der Waals surface area (Å²) in [6.07, 6.45) is 4.08. The number of carbonyl (C=O) groups excluding carboxylic acids is 1. The molecular weight excluding hydrogens is 358 g/mol. The molecule has 28 heavy (non-hydrogen) atoms. The summed E-state index contributed by atoms with van der Waals surface area (Å²) < 4.78 is 11.0. The Morgan fingerprint density at radius 2 is 2.04 bits per heavy atom. The molecule has 0 aliphatic carbocycles. The summed E-state index contributed by atoms with van der Waals surface area (Å²) >= 11 is 0. The van der Waals surface area contributed by atoms with E-state index < -0.39 is 0 Å². The van der Waals surface area contributed by atoms with Crippen LogP contribution in [0.3, 0.4) is 0 Å². The maximum absolute atomic E-state index is 12.2. The number of amides is 1. The number of aromatic nitrogens is 3. The number of hydrogen-bond donors (Lipinski definition) is 1. The van der Waals surface area contributed by atoms with Crippen molar-refractivity contribution < 1.29 is 14.1 Å². The fourth-order valence-electron chi connectivity index (χ4n) is 3.32. The van der Waals surface area contributed by atoms with Crippen molar-refractivity contribution in [1.29, 1.82) is 0 Å². The molecule has 8 heteroatoms. The number of ether oxygens (including phenoxy) is 1. The number of para-hydroxylation sites is 1. The van der Waals surface area contributed by atoms with E-state index in [1.165, 1.54) is 0 Å². The summed E-state index contributed by atoms with van der Waals surface area (Å²) in [5, 5.41) is 7.08. The van der Waals surface area contributed by atoms with Gasteiger partial charge in [-0.3, -0.25) is 14.7 Å². The average molecular weight is 379 g/mol. The second kappa shape index (κ2) is 8.18. The van der Waals surface area contributed by atoms with Crippen LogP contribution in [0.1, 0.15) is 18.4 Å². The van der Waals surface area contributed by atoms with E-state index in [9.17, 15) is 4.79 Å². The molecule has 2 atom stereocenters. The Kier molecular flexibility index (Phi) is 5.29. The van der Waals surface area contributed by atoms with Gasteiger partial charge in [0.25, 0.3) is 5.91 Å². The van der Waals surface area contributed by atoms with Gasteiger partial charge in [-0.25, -0.2) is 0 Å². The van der Waals surface area contributed by atoms with E-state index in [0.29, 0.717) is 30.4 Å². The first-order chi connectivity index (χ1) is 13.7. The lowest BCUT2D eigenvalue weighted by atomic mass is 10.1. The number of likely N-dealkylation sites (tertiary alicyclic amines) is 1. The SMILES string of the molecule is CN1C[C@@H](NC(=O)COc2ccccc2)C[C@H]1c1nc(-c2ccncc2)no1. The minimum absolute atomic E-state index is 0.00171. The molecule has 0 bridgehead atoms. The molecule has 3 heterocycles. The lowest BCUT2D eigenvalue weighted by Gasteiger charge is -2.14. The summed E-state index contributed by atoms with van der Waals surface area (Å²) in [6, 6.07) is 12.9. The molecule has 0 unspecified atom stereocenters. The van der Waals surface area contributed by atoms with Gasteiger partial charge in [0, 0.05) is 30.5 Å². The lowest BCUT2D eigenvalue weighted by molar-refractivity contribution is -0.123. The molecule has 4 rings (SSSR count). The zero-order valence-corrected chi connectivity index (χ0v) is 15.5. The predicted octanol–water partition coefficient (Wildman–Crippen LogP) is 2.07. The van der Waals surface area contributed by atoms with Crippen molar-refractivity contribution in [3.63, 3.8) is 0 Å². The Labute approximate surface area is 162 Å². The van der Waals surface area contributed by atoms with Crippen molar-refractivity contribution in [2.75, 3.05) is 20.2 Å². The summed E-state index contributed by atoms with van der Waals surface area (Å²) in [4.78, 5) is 22.8. The third kappa shape index (κ3) is 4.17. The molecule has 2 aromatic heterocycles. The first-order valence-corrected chi connectivity index (χ1v) is 9.10. The maximum Gasteiger partial charge on any atom is 0.258 e. The summed E-state index contributed by atoms with van der Waals surface area (Å²) in [5.41, 5.74) is 0.855. The number of carbonyl (C=O) groups is 1. The predicted molar refractivity (Wildman–Crippen MR) is 101 cm³/mol. The van der Waals surface area contributed by atoms with E-state index in [1.807, 2.05) is 49.5 Å². The van der Waals surface area contributed by atoms with E-state index in [0.717, 1.165) is 5.56 Å². The molecule has 1 aliphatic rings. The topological polar surface area (TPSA) is 93.4 Å². The van der Waals surface area contributed by atoms with Gasteiger partial charge >= 0.3 is 0 Å². The van der Waals surface area contributed by atoms with Gasteiger partial charge in [-0.05, 0) is 37.7 Å². The summed E-state index contributed by atoms with van der Waals surface area (Å²) in [5.74, 6) is 1.61. The number of hydrogen-bond acceptors (Lipinski definition) is 7. The van der Waals surface area contributed by atoms with Crippen molar-refractivity contribution in [1.82, 2.24) is 25.3 Å². The third-order valence-corrected chi connectivity index (χ3v) is 4.69. The number of nitrogens with one attached hydrogen (secondary N) is 1. The van der Waals surface area contributed by atoms with Crippen molar-refractivity contribution in [3.05, 3.63) is 60.7 Å². The fraction of sp³-hybridized carbons (Fsp3) is 0.300. The van der Waals surface area contributed by atoms with Gasteiger partial charge in [-0.15, -0.1) is 0 Å². The Morgan fingerprint density at radius 3 is 2.82 bits per heavy atom. The van der Waals surface area contributed by atoms with Crippen LogP contribution >= 0.6 is 0 Å². The highest BCUT2D eigenvalue weighted by atomic mass is 16.5. The Balaban J connectivity index is 1.33. The number of rotatable bonds is 6. The first kappa shape index (κ1) is 18.1. The number of nitrogens with zero attached hydrogens (tertiary/aromatic N) is 4. The molecular formula is C20H21N5O3. The van der Waals surface area contributed by atoms with Crippen LogP contribution < -0.4 is 10.1 Å². The van der Waals surface area contributed by atoms with E-state index in [4.69, 9.17) is 9.26 Å². The van der Waals surface area contributed by atoms with Gasteiger partial charge in [0.05, 0.1) is 6.04 Å². The molecule has 1 aromatic carbocycles. The molecule has 1 aliphatic heterocycles. The number of benzene rings is 1. The van der Waals surface area contributed by atoms with Gasteiger partial charge in [-0.1, -0.05) is 23.4 Å². The fourth-order valence-corrected chi connectivity index (χ4v) is 3.32. The Morgan fingerprint density at radius 1 is 1.25 bits per heavy atom. The maximum atomic E-state index is 12.2. The van der Waals surface area contributed by atoms with Gasteiger partial charge in [0.1, 0.15) is 5.75 Å². The van der Waals surface area contributed by atoms with Gasteiger partial charge in [0.15, 0.2) is 6.61 Å². The molecule has 144 valence electrons. The average Bonchev–Trinajstić information content (AvgIpc) is 3.34. The van der Waals surface area contributed by atoms with E-state index in [1.54, 1.807) is 12.4 Å². The van der Waals surface area contributed by atoms with Crippen LogP contribution in [0.15, 0.2) is 59.4 Å².